The smallest absolute Gasteiger partial charge is 0.0798 e. The van der Waals surface area contributed by atoms with Gasteiger partial charge in [0.2, 0.25) is 0 Å². The first kappa shape index (κ1) is 13.3. The lowest BCUT2D eigenvalue weighted by atomic mass is 10.1. The van der Waals surface area contributed by atoms with Crippen LogP contribution in [0.3, 0.4) is 0 Å². The van der Waals surface area contributed by atoms with E-state index in [0.717, 1.165) is 24.1 Å². The van der Waals surface area contributed by atoms with Crippen LogP contribution in [0.25, 0.3) is 0 Å². The molecule has 0 bridgehead atoms. The van der Waals surface area contributed by atoms with Crippen molar-refractivity contribution in [2.24, 2.45) is 0 Å². The van der Waals surface area contributed by atoms with Gasteiger partial charge in [-0.2, -0.15) is 5.10 Å². The van der Waals surface area contributed by atoms with E-state index in [9.17, 15) is 0 Å². The summed E-state index contributed by atoms with van der Waals surface area (Å²) in [5.41, 5.74) is 3.13. The summed E-state index contributed by atoms with van der Waals surface area (Å²) >= 11 is 5.23. The van der Waals surface area contributed by atoms with Gasteiger partial charge in [-0.25, -0.2) is 4.98 Å². The number of halogens is 1. The van der Waals surface area contributed by atoms with E-state index in [-0.39, 0.29) is 0 Å². The number of thiazole rings is 1. The predicted molar refractivity (Wildman–Crippen MR) is 80.3 cm³/mol. The molecular formula is C13H17BrN4S. The zero-order chi connectivity index (χ0) is 13.2. The molecule has 0 unspecified atom stereocenters. The van der Waals surface area contributed by atoms with Crippen LogP contribution in [0.15, 0.2) is 22.4 Å². The summed E-state index contributed by atoms with van der Waals surface area (Å²) in [5.74, 6) is 0. The van der Waals surface area contributed by atoms with E-state index in [0.29, 0.717) is 6.04 Å². The lowest BCUT2D eigenvalue weighted by molar-refractivity contribution is 0.174. The van der Waals surface area contributed by atoms with Gasteiger partial charge in [0.15, 0.2) is 0 Å². The average Bonchev–Trinajstić information content (AvgIpc) is 3.00. The highest BCUT2D eigenvalue weighted by Gasteiger charge is 2.21. The molecular weight excluding hydrogens is 324 g/mol. The van der Waals surface area contributed by atoms with Crippen molar-refractivity contribution in [2.75, 3.05) is 13.1 Å². The molecule has 0 spiro atoms. The molecule has 0 atom stereocenters. The first-order valence-electron chi connectivity index (χ1n) is 6.53. The normalized spacial score (nSPS) is 18.0. The average molecular weight is 341 g/mol. The Bertz CT molecular complexity index is 542. The molecule has 1 aliphatic rings. The third-order valence-electron chi connectivity index (χ3n) is 3.71. The third kappa shape index (κ3) is 3.07. The zero-order valence-electron chi connectivity index (χ0n) is 10.9. The van der Waals surface area contributed by atoms with E-state index in [2.05, 4.69) is 48.7 Å². The third-order valence-corrected chi connectivity index (χ3v) is 5.04. The number of hydrogen-bond donors (Lipinski definition) is 0. The molecule has 1 aliphatic heterocycles. The molecule has 2 aromatic heterocycles. The van der Waals surface area contributed by atoms with Crippen LogP contribution in [-0.4, -0.2) is 32.8 Å². The molecule has 2 aromatic rings. The van der Waals surface area contributed by atoms with Gasteiger partial charge < -0.3 is 0 Å². The van der Waals surface area contributed by atoms with Gasteiger partial charge >= 0.3 is 0 Å². The van der Waals surface area contributed by atoms with Crippen molar-refractivity contribution in [2.45, 2.75) is 32.4 Å². The Hall–Kier alpha value is -0.720. The Kier molecular flexibility index (Phi) is 4.00. The Labute approximate surface area is 125 Å². The van der Waals surface area contributed by atoms with Gasteiger partial charge in [-0.15, -0.1) is 11.3 Å². The highest BCUT2D eigenvalue weighted by atomic mass is 79.9. The summed E-state index contributed by atoms with van der Waals surface area (Å²) in [6.07, 6.45) is 6.29. The highest BCUT2D eigenvalue weighted by Crippen LogP contribution is 2.25. The molecule has 19 heavy (non-hydrogen) atoms. The molecule has 6 heteroatoms. The molecule has 3 rings (SSSR count). The standard InChI is InChI=1S/C13H17BrN4S/c1-10-13(19-9-15-10)8-17-4-2-12(3-5-17)18-7-11(14)6-16-18/h6-7,9,12H,2-5,8H2,1H3. The molecule has 0 aliphatic carbocycles. The molecule has 1 fully saturated rings. The summed E-state index contributed by atoms with van der Waals surface area (Å²) in [6.45, 7) is 5.42. The SMILES string of the molecule is Cc1ncsc1CN1CCC(n2cc(Br)cn2)CC1. The Morgan fingerprint density at radius 1 is 1.42 bits per heavy atom. The summed E-state index contributed by atoms with van der Waals surface area (Å²) in [5, 5.41) is 4.40. The fourth-order valence-electron chi connectivity index (χ4n) is 2.54. The van der Waals surface area contributed by atoms with E-state index in [1.165, 1.54) is 23.4 Å². The number of piperidine rings is 1. The van der Waals surface area contributed by atoms with Crippen molar-refractivity contribution < 1.29 is 0 Å². The van der Waals surface area contributed by atoms with Crippen LogP contribution < -0.4 is 0 Å². The lowest BCUT2D eigenvalue weighted by Crippen LogP contribution is -2.34. The van der Waals surface area contributed by atoms with E-state index in [1.54, 1.807) is 11.3 Å². The van der Waals surface area contributed by atoms with E-state index in [4.69, 9.17) is 0 Å². The van der Waals surface area contributed by atoms with Crippen molar-refractivity contribution in [3.63, 3.8) is 0 Å². The Morgan fingerprint density at radius 2 is 2.21 bits per heavy atom. The van der Waals surface area contributed by atoms with Crippen LogP contribution in [0.1, 0.15) is 29.5 Å². The largest absolute Gasteiger partial charge is 0.298 e. The van der Waals surface area contributed by atoms with E-state index >= 15 is 0 Å². The maximum atomic E-state index is 4.40. The highest BCUT2D eigenvalue weighted by molar-refractivity contribution is 9.10. The molecule has 0 saturated carbocycles. The lowest BCUT2D eigenvalue weighted by Gasteiger charge is -2.31. The number of nitrogens with zero attached hydrogens (tertiary/aromatic N) is 4. The van der Waals surface area contributed by atoms with Crippen molar-refractivity contribution in [3.05, 3.63) is 32.9 Å². The van der Waals surface area contributed by atoms with Crippen LogP contribution in [0.5, 0.6) is 0 Å². The van der Waals surface area contributed by atoms with Crippen molar-refractivity contribution in [1.29, 1.82) is 0 Å². The number of hydrogen-bond acceptors (Lipinski definition) is 4. The van der Waals surface area contributed by atoms with Crippen LogP contribution in [-0.2, 0) is 6.54 Å². The van der Waals surface area contributed by atoms with Gasteiger partial charge in [0.05, 0.1) is 27.9 Å². The Balaban J connectivity index is 1.56. The molecule has 102 valence electrons. The van der Waals surface area contributed by atoms with Crippen molar-refractivity contribution in [1.82, 2.24) is 19.7 Å². The van der Waals surface area contributed by atoms with Crippen LogP contribution in [0.4, 0.5) is 0 Å². The van der Waals surface area contributed by atoms with Gasteiger partial charge in [-0.1, -0.05) is 0 Å². The monoisotopic (exact) mass is 340 g/mol. The van der Waals surface area contributed by atoms with Crippen LogP contribution >= 0.6 is 27.3 Å². The maximum absolute atomic E-state index is 4.40. The zero-order valence-corrected chi connectivity index (χ0v) is 13.3. The van der Waals surface area contributed by atoms with Crippen molar-refractivity contribution in [3.8, 4) is 0 Å². The second-order valence-corrected chi connectivity index (χ2v) is 6.86. The molecule has 1 saturated heterocycles. The molecule has 3 heterocycles. The second-order valence-electron chi connectivity index (χ2n) is 5.01. The van der Waals surface area contributed by atoms with Crippen LogP contribution in [0, 0.1) is 6.92 Å². The fourth-order valence-corrected chi connectivity index (χ4v) is 3.66. The van der Waals surface area contributed by atoms with Gasteiger partial charge in [0, 0.05) is 30.7 Å². The van der Waals surface area contributed by atoms with Gasteiger partial charge in [0.1, 0.15) is 0 Å². The summed E-state index contributed by atoms with van der Waals surface area (Å²) < 4.78 is 3.16. The van der Waals surface area contributed by atoms with E-state index in [1.807, 2.05) is 11.7 Å². The topological polar surface area (TPSA) is 34.0 Å². The van der Waals surface area contributed by atoms with Crippen molar-refractivity contribution >= 4 is 27.3 Å². The molecule has 0 aromatic carbocycles. The quantitative estimate of drug-likeness (QED) is 0.859. The Morgan fingerprint density at radius 3 is 2.79 bits per heavy atom. The number of aromatic nitrogens is 3. The molecule has 0 N–H and O–H groups in total. The van der Waals surface area contributed by atoms with Gasteiger partial charge in [-0.05, 0) is 35.7 Å². The predicted octanol–water partition coefficient (Wildman–Crippen LogP) is 3.25. The number of aryl methyl sites for hydroxylation is 1. The summed E-state index contributed by atoms with van der Waals surface area (Å²) in [6, 6.07) is 0.546. The van der Waals surface area contributed by atoms with E-state index < -0.39 is 0 Å². The minimum Gasteiger partial charge on any atom is -0.298 e. The maximum Gasteiger partial charge on any atom is 0.0798 e. The fraction of sp³-hybridized carbons (Fsp3) is 0.538. The van der Waals surface area contributed by atoms with Gasteiger partial charge in [0.25, 0.3) is 0 Å². The first-order valence-corrected chi connectivity index (χ1v) is 8.20. The van der Waals surface area contributed by atoms with Gasteiger partial charge in [-0.3, -0.25) is 9.58 Å². The summed E-state index contributed by atoms with van der Waals surface area (Å²) in [4.78, 5) is 8.25. The minimum absolute atomic E-state index is 0.546. The molecule has 0 radical (unpaired) electrons. The first-order chi connectivity index (χ1) is 9.22. The number of rotatable bonds is 3. The van der Waals surface area contributed by atoms with Crippen LogP contribution in [0.2, 0.25) is 0 Å². The minimum atomic E-state index is 0.546. The number of likely N-dealkylation sites (tertiary alicyclic amines) is 1. The summed E-state index contributed by atoms with van der Waals surface area (Å²) in [7, 11) is 0. The second kappa shape index (κ2) is 5.73. The molecule has 4 nitrogen and oxygen atoms in total. The molecule has 0 amide bonds.